The summed E-state index contributed by atoms with van der Waals surface area (Å²) in [5, 5.41) is 16.7. The standard InChI is InChI=1S/C8H6BrN3O.C4H5BO3.C4H3Br2N3/c9-6-4-11-8(10)7(12-6)5-2-1-3-13-5;6-5(7)4-2-1-3-8-4;5-2-1-8-4(7)3(6)9-2/h1-4H,(H2,10,11);1-3,6-7H;1H,(H2,7,8). The summed E-state index contributed by atoms with van der Waals surface area (Å²) < 4.78 is 11.6. The first-order valence-electron chi connectivity index (χ1n) is 7.93. The van der Waals surface area contributed by atoms with Gasteiger partial charge in [0.15, 0.2) is 17.4 Å². The lowest BCUT2D eigenvalue weighted by molar-refractivity contribution is 0.409. The summed E-state index contributed by atoms with van der Waals surface area (Å²) >= 11 is 9.47. The maximum absolute atomic E-state index is 8.37. The van der Waals surface area contributed by atoms with Crippen molar-refractivity contribution in [2.45, 2.75) is 0 Å². The average Bonchev–Trinajstić information content (AvgIpc) is 3.42. The van der Waals surface area contributed by atoms with Crippen LogP contribution >= 0.6 is 47.8 Å². The highest BCUT2D eigenvalue weighted by molar-refractivity contribution is 9.11. The molecule has 30 heavy (non-hydrogen) atoms. The maximum atomic E-state index is 8.37. The smallest absolute Gasteiger partial charge is 0.473 e. The Morgan fingerprint density at radius 3 is 1.90 bits per heavy atom. The van der Waals surface area contributed by atoms with Crippen molar-refractivity contribution in [3.05, 3.63) is 63.0 Å². The van der Waals surface area contributed by atoms with Crippen molar-refractivity contribution in [2.24, 2.45) is 0 Å². The van der Waals surface area contributed by atoms with Crippen molar-refractivity contribution in [1.82, 2.24) is 19.9 Å². The van der Waals surface area contributed by atoms with E-state index in [4.69, 9.17) is 25.9 Å². The fourth-order valence-electron chi connectivity index (χ4n) is 1.77. The van der Waals surface area contributed by atoms with Crippen molar-refractivity contribution in [3.8, 4) is 11.5 Å². The number of furan rings is 2. The summed E-state index contributed by atoms with van der Waals surface area (Å²) in [6, 6.07) is 6.64. The summed E-state index contributed by atoms with van der Waals surface area (Å²) in [6.07, 6.45) is 6.04. The first-order valence-corrected chi connectivity index (χ1v) is 10.3. The molecule has 0 aromatic carbocycles. The van der Waals surface area contributed by atoms with Gasteiger partial charge in [0.05, 0.1) is 24.9 Å². The molecular formula is C16H14BBr3N6O4. The second kappa shape index (κ2) is 11.8. The van der Waals surface area contributed by atoms with Crippen LogP contribution in [0.2, 0.25) is 0 Å². The van der Waals surface area contributed by atoms with Crippen LogP contribution in [0.5, 0.6) is 0 Å². The molecule has 0 saturated carbocycles. The van der Waals surface area contributed by atoms with Gasteiger partial charge in [-0.2, -0.15) is 0 Å². The number of anilines is 2. The van der Waals surface area contributed by atoms with E-state index in [9.17, 15) is 0 Å². The first-order chi connectivity index (χ1) is 14.3. The van der Waals surface area contributed by atoms with Gasteiger partial charge in [-0.1, -0.05) is 0 Å². The van der Waals surface area contributed by atoms with Crippen LogP contribution in [0.3, 0.4) is 0 Å². The monoisotopic (exact) mass is 602 g/mol. The molecule has 0 aliphatic rings. The first kappa shape index (κ1) is 24.0. The zero-order chi connectivity index (χ0) is 22.1. The van der Waals surface area contributed by atoms with E-state index in [0.717, 1.165) is 0 Å². The van der Waals surface area contributed by atoms with Crippen molar-refractivity contribution < 1.29 is 18.9 Å². The third-order valence-electron chi connectivity index (χ3n) is 3.05. The zero-order valence-electron chi connectivity index (χ0n) is 15.0. The molecule has 4 aromatic rings. The highest BCUT2D eigenvalue weighted by Crippen LogP contribution is 2.23. The van der Waals surface area contributed by atoms with Gasteiger partial charge in [0.1, 0.15) is 25.2 Å². The molecule has 4 rings (SSSR count). The minimum Gasteiger partial charge on any atom is -0.473 e. The zero-order valence-corrected chi connectivity index (χ0v) is 19.7. The lowest BCUT2D eigenvalue weighted by atomic mass is 9.88. The molecule has 0 saturated heterocycles. The van der Waals surface area contributed by atoms with Crippen molar-refractivity contribution in [2.75, 3.05) is 11.5 Å². The van der Waals surface area contributed by atoms with E-state index in [0.29, 0.717) is 36.9 Å². The maximum Gasteiger partial charge on any atom is 0.526 e. The number of hydrogen-bond acceptors (Lipinski definition) is 10. The number of halogens is 3. The molecule has 4 heterocycles. The minimum absolute atomic E-state index is 0.171. The van der Waals surface area contributed by atoms with E-state index >= 15 is 0 Å². The number of hydrogen-bond donors (Lipinski definition) is 4. The molecule has 6 N–H and O–H groups in total. The van der Waals surface area contributed by atoms with Crippen molar-refractivity contribution in [3.63, 3.8) is 0 Å². The number of nitrogens with zero attached hydrogens (tertiary/aromatic N) is 4. The van der Waals surface area contributed by atoms with Crippen molar-refractivity contribution in [1.29, 1.82) is 0 Å². The van der Waals surface area contributed by atoms with Gasteiger partial charge >= 0.3 is 7.12 Å². The van der Waals surface area contributed by atoms with Crippen LogP contribution in [-0.4, -0.2) is 37.1 Å². The Labute approximate surface area is 196 Å². The molecule has 10 nitrogen and oxygen atoms in total. The number of nitrogens with two attached hydrogens (primary N) is 2. The van der Waals surface area contributed by atoms with Gasteiger partial charge in [0, 0.05) is 0 Å². The molecule has 0 aliphatic heterocycles. The molecule has 0 unspecified atom stereocenters. The summed E-state index contributed by atoms with van der Waals surface area (Å²) in [6.45, 7) is 0. The summed E-state index contributed by atoms with van der Waals surface area (Å²) in [5.41, 5.74) is 11.7. The Kier molecular flexibility index (Phi) is 9.45. The second-order valence-corrected chi connectivity index (χ2v) is 7.54. The molecular weight excluding hydrogens is 591 g/mol. The highest BCUT2D eigenvalue weighted by Gasteiger charge is 2.12. The number of rotatable bonds is 2. The Balaban J connectivity index is 0.000000167. The third kappa shape index (κ3) is 7.53. The van der Waals surface area contributed by atoms with Crippen LogP contribution in [-0.2, 0) is 0 Å². The van der Waals surface area contributed by atoms with Crippen LogP contribution in [0, 0.1) is 0 Å². The predicted molar refractivity (Wildman–Crippen MR) is 122 cm³/mol. The van der Waals surface area contributed by atoms with E-state index in [-0.39, 0.29) is 5.66 Å². The Hall–Kier alpha value is -2.26. The van der Waals surface area contributed by atoms with Gasteiger partial charge in [-0.15, -0.1) is 0 Å². The molecule has 0 aliphatic carbocycles. The van der Waals surface area contributed by atoms with E-state index in [1.165, 1.54) is 12.3 Å². The molecule has 0 atom stereocenters. The number of aromatic nitrogens is 4. The van der Waals surface area contributed by atoms with Crippen LogP contribution in [0.4, 0.5) is 11.6 Å². The molecule has 156 valence electrons. The van der Waals surface area contributed by atoms with E-state index < -0.39 is 7.12 Å². The van der Waals surface area contributed by atoms with Crippen LogP contribution in [0.25, 0.3) is 11.5 Å². The van der Waals surface area contributed by atoms with Gasteiger partial charge in [-0.3, -0.25) is 0 Å². The Bertz CT molecular complexity index is 1050. The largest absolute Gasteiger partial charge is 0.526 e. The fraction of sp³-hybridized carbons (Fsp3) is 0. The van der Waals surface area contributed by atoms with Gasteiger partial charge in [-0.25, -0.2) is 19.9 Å². The lowest BCUT2D eigenvalue weighted by Crippen LogP contribution is -2.27. The fourth-order valence-corrected chi connectivity index (χ4v) is 2.86. The van der Waals surface area contributed by atoms with E-state index in [1.807, 2.05) is 0 Å². The van der Waals surface area contributed by atoms with Crippen LogP contribution < -0.4 is 17.1 Å². The second-order valence-electron chi connectivity index (χ2n) is 5.16. The Morgan fingerprint density at radius 2 is 1.43 bits per heavy atom. The quantitative estimate of drug-likeness (QED) is 0.249. The molecule has 0 spiro atoms. The number of nitrogen functional groups attached to an aromatic ring is 2. The van der Waals surface area contributed by atoms with E-state index in [1.54, 1.807) is 36.9 Å². The Morgan fingerprint density at radius 1 is 0.833 bits per heavy atom. The molecule has 4 aromatic heterocycles. The van der Waals surface area contributed by atoms with Gasteiger partial charge in [0.2, 0.25) is 0 Å². The topological polar surface area (TPSA) is 170 Å². The van der Waals surface area contributed by atoms with Crippen LogP contribution in [0.15, 0.2) is 71.8 Å². The average molecular weight is 605 g/mol. The highest BCUT2D eigenvalue weighted by atomic mass is 79.9. The summed E-state index contributed by atoms with van der Waals surface area (Å²) in [7, 11) is -1.48. The molecule has 0 radical (unpaired) electrons. The molecule has 0 bridgehead atoms. The van der Waals surface area contributed by atoms with Crippen molar-refractivity contribution >= 4 is 72.2 Å². The summed E-state index contributed by atoms with van der Waals surface area (Å²) in [4.78, 5) is 15.8. The third-order valence-corrected chi connectivity index (χ3v) is 4.40. The van der Waals surface area contributed by atoms with Gasteiger partial charge in [0.25, 0.3) is 0 Å². The lowest BCUT2D eigenvalue weighted by Gasteiger charge is -1.99. The minimum atomic E-state index is -1.48. The SMILES string of the molecule is Nc1ncc(Br)nc1-c1ccco1.Nc1ncc(Br)nc1Br.OB(O)c1ccco1. The molecule has 0 amide bonds. The van der Waals surface area contributed by atoms with Gasteiger partial charge in [-0.05, 0) is 72.1 Å². The van der Waals surface area contributed by atoms with E-state index in [2.05, 4.69) is 72.1 Å². The molecule has 14 heteroatoms. The van der Waals surface area contributed by atoms with Crippen LogP contribution in [0.1, 0.15) is 0 Å². The van der Waals surface area contributed by atoms with Gasteiger partial charge < -0.3 is 30.3 Å². The summed E-state index contributed by atoms with van der Waals surface area (Å²) in [5.74, 6) is 1.38. The molecule has 0 fully saturated rings. The normalized spacial score (nSPS) is 9.77. The predicted octanol–water partition coefficient (Wildman–Crippen LogP) is 2.62.